The summed E-state index contributed by atoms with van der Waals surface area (Å²) in [5, 5.41) is 8.99. The number of nitrogens with zero attached hydrogens (tertiary/aromatic N) is 2. The molecule has 20 heavy (non-hydrogen) atoms. The van der Waals surface area contributed by atoms with Crippen LogP contribution in [0.25, 0.3) is 11.0 Å². The highest BCUT2D eigenvalue weighted by atomic mass is 16.5. The van der Waals surface area contributed by atoms with E-state index in [-0.39, 0.29) is 11.0 Å². The highest BCUT2D eigenvalue weighted by Gasteiger charge is 2.19. The second-order valence-electron chi connectivity index (χ2n) is 5.79. The summed E-state index contributed by atoms with van der Waals surface area (Å²) >= 11 is 0. The van der Waals surface area contributed by atoms with Crippen molar-refractivity contribution in [1.82, 2.24) is 9.55 Å². The number of imidazole rings is 1. The lowest BCUT2D eigenvalue weighted by atomic mass is 9.89. The lowest BCUT2D eigenvalue weighted by molar-refractivity contribution is 0.0697. The predicted octanol–water partition coefficient (Wildman–Crippen LogP) is 2.80. The van der Waals surface area contributed by atoms with E-state index < -0.39 is 5.97 Å². The first-order valence-corrected chi connectivity index (χ1v) is 6.60. The number of hydrogen-bond acceptors (Lipinski definition) is 3. The van der Waals surface area contributed by atoms with Gasteiger partial charge in [-0.2, -0.15) is 0 Å². The number of carboxylic acids is 1. The minimum atomic E-state index is -0.929. The number of carboxylic acid groups (broad SMARTS) is 1. The van der Waals surface area contributed by atoms with Crippen LogP contribution in [0.4, 0.5) is 0 Å². The van der Waals surface area contributed by atoms with Crippen LogP contribution in [0.15, 0.2) is 24.5 Å². The summed E-state index contributed by atoms with van der Waals surface area (Å²) in [5.74, 6) is -0.929. The van der Waals surface area contributed by atoms with E-state index >= 15 is 0 Å². The molecule has 0 aliphatic heterocycles. The van der Waals surface area contributed by atoms with Gasteiger partial charge in [0.2, 0.25) is 0 Å². The standard InChI is InChI=1S/C15H20N2O3/c1-15(2,6-7-20-3)9-17-10-16-12-8-11(14(18)19)4-5-13(12)17/h4-5,8,10H,6-7,9H2,1-3H3,(H,18,19). The topological polar surface area (TPSA) is 64.4 Å². The molecule has 0 radical (unpaired) electrons. The number of aromatic nitrogens is 2. The van der Waals surface area contributed by atoms with Gasteiger partial charge in [-0.3, -0.25) is 0 Å². The molecule has 1 aromatic carbocycles. The fourth-order valence-corrected chi connectivity index (χ4v) is 2.24. The number of carbonyl (C=O) groups is 1. The van der Waals surface area contributed by atoms with Crippen molar-refractivity contribution in [2.24, 2.45) is 5.41 Å². The molecule has 2 rings (SSSR count). The van der Waals surface area contributed by atoms with Crippen molar-refractivity contribution >= 4 is 17.0 Å². The summed E-state index contributed by atoms with van der Waals surface area (Å²) in [6.45, 7) is 5.91. The van der Waals surface area contributed by atoms with Crippen molar-refractivity contribution < 1.29 is 14.6 Å². The Labute approximate surface area is 118 Å². The molecule has 2 aromatic rings. The van der Waals surface area contributed by atoms with Crippen LogP contribution >= 0.6 is 0 Å². The molecular weight excluding hydrogens is 256 g/mol. The number of hydrogen-bond donors (Lipinski definition) is 1. The number of rotatable bonds is 6. The molecule has 0 spiro atoms. The normalized spacial score (nSPS) is 11.9. The van der Waals surface area contributed by atoms with Crippen LogP contribution in [0, 0.1) is 5.41 Å². The van der Waals surface area contributed by atoms with E-state index in [4.69, 9.17) is 9.84 Å². The Hall–Kier alpha value is -1.88. The van der Waals surface area contributed by atoms with E-state index in [0.29, 0.717) is 5.52 Å². The number of ether oxygens (including phenoxy) is 1. The molecular formula is C15H20N2O3. The van der Waals surface area contributed by atoms with Crippen LogP contribution in [-0.4, -0.2) is 34.3 Å². The molecule has 1 heterocycles. The lowest BCUT2D eigenvalue weighted by Crippen LogP contribution is -2.21. The van der Waals surface area contributed by atoms with E-state index in [2.05, 4.69) is 23.4 Å². The maximum absolute atomic E-state index is 10.9. The molecule has 0 aliphatic carbocycles. The van der Waals surface area contributed by atoms with Gasteiger partial charge in [0.05, 0.1) is 22.9 Å². The van der Waals surface area contributed by atoms with Gasteiger partial charge in [0.1, 0.15) is 0 Å². The smallest absolute Gasteiger partial charge is 0.335 e. The molecule has 108 valence electrons. The molecule has 0 atom stereocenters. The van der Waals surface area contributed by atoms with E-state index in [1.807, 2.05) is 6.07 Å². The zero-order valence-corrected chi connectivity index (χ0v) is 12.1. The van der Waals surface area contributed by atoms with E-state index in [1.165, 1.54) is 0 Å². The minimum Gasteiger partial charge on any atom is -0.478 e. The van der Waals surface area contributed by atoms with Gasteiger partial charge in [-0.1, -0.05) is 13.8 Å². The third-order valence-corrected chi connectivity index (χ3v) is 3.45. The summed E-state index contributed by atoms with van der Waals surface area (Å²) in [4.78, 5) is 15.2. The van der Waals surface area contributed by atoms with Crippen LogP contribution in [-0.2, 0) is 11.3 Å². The predicted molar refractivity (Wildman–Crippen MR) is 77.0 cm³/mol. The Bertz CT molecular complexity index is 617. The molecule has 1 N–H and O–H groups in total. The van der Waals surface area contributed by atoms with Crippen molar-refractivity contribution in [3.8, 4) is 0 Å². The Morgan fingerprint density at radius 2 is 2.20 bits per heavy atom. The molecule has 0 saturated carbocycles. The van der Waals surface area contributed by atoms with E-state index in [9.17, 15) is 4.79 Å². The Morgan fingerprint density at radius 3 is 2.85 bits per heavy atom. The molecule has 5 nitrogen and oxygen atoms in total. The highest BCUT2D eigenvalue weighted by Crippen LogP contribution is 2.25. The summed E-state index contributed by atoms with van der Waals surface area (Å²) in [6.07, 6.45) is 2.72. The molecule has 5 heteroatoms. The molecule has 0 saturated heterocycles. The highest BCUT2D eigenvalue weighted by molar-refractivity contribution is 5.92. The largest absolute Gasteiger partial charge is 0.478 e. The summed E-state index contributed by atoms with van der Waals surface area (Å²) < 4.78 is 7.20. The molecule has 0 fully saturated rings. The first kappa shape index (κ1) is 14.5. The van der Waals surface area contributed by atoms with Gasteiger partial charge in [0, 0.05) is 20.3 Å². The van der Waals surface area contributed by atoms with Crippen LogP contribution in [0.2, 0.25) is 0 Å². The molecule has 0 amide bonds. The first-order valence-electron chi connectivity index (χ1n) is 6.60. The number of methoxy groups -OCH3 is 1. The summed E-state index contributed by atoms with van der Waals surface area (Å²) in [7, 11) is 1.70. The van der Waals surface area contributed by atoms with Crippen molar-refractivity contribution in [2.45, 2.75) is 26.8 Å². The fourth-order valence-electron chi connectivity index (χ4n) is 2.24. The van der Waals surface area contributed by atoms with Gasteiger partial charge >= 0.3 is 5.97 Å². The summed E-state index contributed by atoms with van der Waals surface area (Å²) in [6, 6.07) is 5.04. The SMILES string of the molecule is COCCC(C)(C)Cn1cnc2cc(C(=O)O)ccc21. The number of fused-ring (bicyclic) bond motifs is 1. The average molecular weight is 276 g/mol. The van der Waals surface area contributed by atoms with Gasteiger partial charge in [0.25, 0.3) is 0 Å². The second-order valence-corrected chi connectivity index (χ2v) is 5.79. The maximum Gasteiger partial charge on any atom is 0.335 e. The minimum absolute atomic E-state index is 0.0924. The molecule has 0 bridgehead atoms. The van der Waals surface area contributed by atoms with E-state index in [1.54, 1.807) is 25.6 Å². The quantitative estimate of drug-likeness (QED) is 0.881. The zero-order valence-electron chi connectivity index (χ0n) is 12.1. The molecule has 1 aromatic heterocycles. The Balaban J connectivity index is 2.25. The van der Waals surface area contributed by atoms with Crippen LogP contribution < -0.4 is 0 Å². The van der Waals surface area contributed by atoms with Crippen LogP contribution in [0.1, 0.15) is 30.6 Å². The lowest BCUT2D eigenvalue weighted by Gasteiger charge is -2.25. The van der Waals surface area contributed by atoms with Crippen molar-refractivity contribution in [3.05, 3.63) is 30.1 Å². The monoisotopic (exact) mass is 276 g/mol. The second kappa shape index (κ2) is 5.63. The van der Waals surface area contributed by atoms with Crippen molar-refractivity contribution in [2.75, 3.05) is 13.7 Å². The van der Waals surface area contributed by atoms with Gasteiger partial charge < -0.3 is 14.4 Å². The number of aromatic carboxylic acids is 1. The third kappa shape index (κ3) is 3.17. The molecule has 0 unspecified atom stereocenters. The van der Waals surface area contributed by atoms with Gasteiger partial charge in [-0.25, -0.2) is 9.78 Å². The van der Waals surface area contributed by atoms with Gasteiger partial charge in [-0.05, 0) is 30.0 Å². The average Bonchev–Trinajstić information content (AvgIpc) is 2.78. The third-order valence-electron chi connectivity index (χ3n) is 3.45. The summed E-state index contributed by atoms with van der Waals surface area (Å²) in [5.41, 5.74) is 2.03. The molecule has 0 aliphatic rings. The van der Waals surface area contributed by atoms with Gasteiger partial charge in [0.15, 0.2) is 0 Å². The zero-order chi connectivity index (χ0) is 14.8. The first-order chi connectivity index (χ1) is 9.43. The Morgan fingerprint density at radius 1 is 1.45 bits per heavy atom. The van der Waals surface area contributed by atoms with Crippen LogP contribution in [0.3, 0.4) is 0 Å². The fraction of sp³-hybridized carbons (Fsp3) is 0.467. The van der Waals surface area contributed by atoms with Gasteiger partial charge in [-0.15, -0.1) is 0 Å². The number of benzene rings is 1. The van der Waals surface area contributed by atoms with Crippen LogP contribution in [0.5, 0.6) is 0 Å². The maximum atomic E-state index is 10.9. The van der Waals surface area contributed by atoms with Crippen molar-refractivity contribution in [3.63, 3.8) is 0 Å². The van der Waals surface area contributed by atoms with Crippen molar-refractivity contribution in [1.29, 1.82) is 0 Å². The Kier molecular flexibility index (Phi) is 4.09. The van der Waals surface area contributed by atoms with E-state index in [0.717, 1.165) is 25.1 Å².